The first-order valence-corrected chi connectivity index (χ1v) is 10.5. The standard InChI is InChI=1S/C26H30O4/c1-5-10-19-14-15-22(23(16-19)27-3)30-25-18-20(11-6-2)17-24(28-4)26(25)29-21-12-8-7-9-13-21/h7-9,12-18H,5-6,10-11H2,1-4H3. The van der Waals surface area contributed by atoms with E-state index in [2.05, 4.69) is 19.9 Å². The Morgan fingerprint density at radius 2 is 1.23 bits per heavy atom. The van der Waals surface area contributed by atoms with Crippen molar-refractivity contribution >= 4 is 0 Å². The average molecular weight is 407 g/mol. The van der Waals surface area contributed by atoms with Gasteiger partial charge in [0.25, 0.3) is 0 Å². The highest BCUT2D eigenvalue weighted by atomic mass is 16.6. The molecule has 3 aromatic rings. The molecule has 0 heterocycles. The highest BCUT2D eigenvalue weighted by Crippen LogP contribution is 2.45. The molecule has 0 radical (unpaired) electrons. The SMILES string of the molecule is CCCc1ccc(Oc2cc(CCC)cc(OC)c2Oc2ccccc2)c(OC)c1. The Morgan fingerprint density at radius 1 is 0.600 bits per heavy atom. The van der Waals surface area contributed by atoms with E-state index in [4.69, 9.17) is 18.9 Å². The quantitative estimate of drug-likeness (QED) is 0.357. The monoisotopic (exact) mass is 406 g/mol. The molecule has 0 atom stereocenters. The van der Waals surface area contributed by atoms with E-state index in [1.54, 1.807) is 14.2 Å². The average Bonchev–Trinajstić information content (AvgIpc) is 2.77. The Balaban J connectivity index is 2.04. The summed E-state index contributed by atoms with van der Waals surface area (Å²) in [4.78, 5) is 0. The largest absolute Gasteiger partial charge is 0.493 e. The first-order valence-electron chi connectivity index (χ1n) is 10.5. The topological polar surface area (TPSA) is 36.9 Å². The lowest BCUT2D eigenvalue weighted by atomic mass is 10.1. The normalized spacial score (nSPS) is 10.5. The van der Waals surface area contributed by atoms with E-state index in [-0.39, 0.29) is 0 Å². The van der Waals surface area contributed by atoms with E-state index in [9.17, 15) is 0 Å². The maximum atomic E-state index is 6.34. The lowest BCUT2D eigenvalue weighted by Gasteiger charge is -2.18. The van der Waals surface area contributed by atoms with Gasteiger partial charge in [0.2, 0.25) is 5.75 Å². The second kappa shape index (κ2) is 10.6. The van der Waals surface area contributed by atoms with Crippen LogP contribution in [0.4, 0.5) is 0 Å². The summed E-state index contributed by atoms with van der Waals surface area (Å²) in [6.07, 6.45) is 4.02. The molecule has 0 aliphatic carbocycles. The zero-order valence-electron chi connectivity index (χ0n) is 18.2. The van der Waals surface area contributed by atoms with Crippen LogP contribution in [0.1, 0.15) is 37.8 Å². The minimum absolute atomic E-state index is 0.545. The summed E-state index contributed by atoms with van der Waals surface area (Å²) in [7, 11) is 3.31. The Kier molecular flexibility index (Phi) is 7.61. The molecule has 0 unspecified atom stereocenters. The Hall–Kier alpha value is -3.14. The summed E-state index contributed by atoms with van der Waals surface area (Å²) >= 11 is 0. The Bertz CT molecular complexity index is 951. The number of para-hydroxylation sites is 1. The van der Waals surface area contributed by atoms with E-state index < -0.39 is 0 Å². The summed E-state index contributed by atoms with van der Waals surface area (Å²) in [5.74, 6) is 3.85. The van der Waals surface area contributed by atoms with Gasteiger partial charge in [-0.3, -0.25) is 0 Å². The van der Waals surface area contributed by atoms with Crippen molar-refractivity contribution in [1.82, 2.24) is 0 Å². The third-order valence-electron chi connectivity index (χ3n) is 4.79. The van der Waals surface area contributed by atoms with Crippen molar-refractivity contribution < 1.29 is 18.9 Å². The number of ether oxygens (including phenoxy) is 4. The molecule has 0 amide bonds. The van der Waals surface area contributed by atoms with Crippen molar-refractivity contribution in [2.75, 3.05) is 14.2 Å². The predicted octanol–water partition coefficient (Wildman–Crippen LogP) is 7.19. The van der Waals surface area contributed by atoms with Crippen LogP contribution in [-0.4, -0.2) is 14.2 Å². The van der Waals surface area contributed by atoms with E-state index in [0.717, 1.165) is 31.2 Å². The fourth-order valence-corrected chi connectivity index (χ4v) is 3.36. The van der Waals surface area contributed by atoms with Crippen LogP contribution in [0, 0.1) is 0 Å². The van der Waals surface area contributed by atoms with E-state index in [1.165, 1.54) is 5.56 Å². The number of hydrogen-bond donors (Lipinski definition) is 0. The van der Waals surface area contributed by atoms with Crippen LogP contribution in [0.2, 0.25) is 0 Å². The van der Waals surface area contributed by atoms with Crippen LogP contribution in [0.5, 0.6) is 34.5 Å². The fourth-order valence-electron chi connectivity index (χ4n) is 3.36. The summed E-state index contributed by atoms with van der Waals surface area (Å²) in [5, 5.41) is 0. The number of rotatable bonds is 10. The number of methoxy groups -OCH3 is 2. The molecule has 0 saturated carbocycles. The van der Waals surface area contributed by atoms with Gasteiger partial charge in [0.05, 0.1) is 14.2 Å². The molecule has 0 aliphatic heterocycles. The first kappa shape index (κ1) is 21.6. The lowest BCUT2D eigenvalue weighted by Crippen LogP contribution is -1.98. The first-order chi connectivity index (χ1) is 14.7. The molecule has 0 spiro atoms. The van der Waals surface area contributed by atoms with Crippen LogP contribution in [0.3, 0.4) is 0 Å². The van der Waals surface area contributed by atoms with Crippen molar-refractivity contribution in [2.24, 2.45) is 0 Å². The highest BCUT2D eigenvalue weighted by Gasteiger charge is 2.18. The van der Waals surface area contributed by atoms with Gasteiger partial charge in [0.1, 0.15) is 5.75 Å². The molecule has 30 heavy (non-hydrogen) atoms. The van der Waals surface area contributed by atoms with Crippen molar-refractivity contribution in [3.8, 4) is 34.5 Å². The summed E-state index contributed by atoms with van der Waals surface area (Å²) in [5.41, 5.74) is 2.35. The number of aryl methyl sites for hydroxylation is 2. The van der Waals surface area contributed by atoms with Gasteiger partial charge in [-0.1, -0.05) is 51.0 Å². The second-order valence-electron chi connectivity index (χ2n) is 7.13. The van der Waals surface area contributed by atoms with Gasteiger partial charge in [-0.15, -0.1) is 0 Å². The van der Waals surface area contributed by atoms with Gasteiger partial charge in [0, 0.05) is 0 Å². The van der Waals surface area contributed by atoms with Gasteiger partial charge in [-0.2, -0.15) is 0 Å². The zero-order chi connectivity index (χ0) is 21.3. The predicted molar refractivity (Wildman–Crippen MR) is 121 cm³/mol. The maximum Gasteiger partial charge on any atom is 0.211 e. The minimum Gasteiger partial charge on any atom is -0.493 e. The van der Waals surface area contributed by atoms with Crippen molar-refractivity contribution in [1.29, 1.82) is 0 Å². The lowest BCUT2D eigenvalue weighted by molar-refractivity contribution is 0.348. The molecule has 3 rings (SSSR count). The summed E-state index contributed by atoms with van der Waals surface area (Å²) in [6.45, 7) is 4.31. The molecule has 4 nitrogen and oxygen atoms in total. The van der Waals surface area contributed by atoms with Crippen molar-refractivity contribution in [3.05, 3.63) is 71.8 Å². The summed E-state index contributed by atoms with van der Waals surface area (Å²) < 4.78 is 23.8. The molecule has 0 bridgehead atoms. The Morgan fingerprint density at radius 3 is 1.90 bits per heavy atom. The molecule has 0 aliphatic rings. The summed E-state index contributed by atoms with van der Waals surface area (Å²) in [6, 6.07) is 19.7. The van der Waals surface area contributed by atoms with Gasteiger partial charge in [-0.05, 0) is 60.4 Å². The molecule has 158 valence electrons. The molecule has 0 N–H and O–H groups in total. The van der Waals surface area contributed by atoms with Crippen LogP contribution in [0.25, 0.3) is 0 Å². The smallest absolute Gasteiger partial charge is 0.211 e. The second-order valence-corrected chi connectivity index (χ2v) is 7.13. The van der Waals surface area contributed by atoms with Crippen molar-refractivity contribution in [3.63, 3.8) is 0 Å². The zero-order valence-corrected chi connectivity index (χ0v) is 18.2. The van der Waals surface area contributed by atoms with Crippen molar-refractivity contribution in [2.45, 2.75) is 39.5 Å². The van der Waals surface area contributed by atoms with Gasteiger partial charge < -0.3 is 18.9 Å². The van der Waals surface area contributed by atoms with Gasteiger partial charge >= 0.3 is 0 Å². The van der Waals surface area contributed by atoms with Gasteiger partial charge in [-0.25, -0.2) is 0 Å². The van der Waals surface area contributed by atoms with Crippen LogP contribution < -0.4 is 18.9 Å². The number of hydrogen-bond acceptors (Lipinski definition) is 4. The van der Waals surface area contributed by atoms with E-state index in [1.807, 2.05) is 54.6 Å². The van der Waals surface area contributed by atoms with Crippen LogP contribution >= 0.6 is 0 Å². The fraction of sp³-hybridized carbons (Fsp3) is 0.308. The molecule has 0 aromatic heterocycles. The van der Waals surface area contributed by atoms with Crippen LogP contribution in [-0.2, 0) is 12.8 Å². The Labute approximate surface area is 179 Å². The molecule has 0 saturated heterocycles. The maximum absolute atomic E-state index is 6.34. The molecular weight excluding hydrogens is 376 g/mol. The third-order valence-corrected chi connectivity index (χ3v) is 4.79. The third kappa shape index (κ3) is 5.26. The minimum atomic E-state index is 0.545. The molecule has 0 fully saturated rings. The van der Waals surface area contributed by atoms with E-state index >= 15 is 0 Å². The van der Waals surface area contributed by atoms with Gasteiger partial charge in [0.15, 0.2) is 23.0 Å². The molecule has 4 heteroatoms. The van der Waals surface area contributed by atoms with E-state index in [0.29, 0.717) is 34.5 Å². The number of benzene rings is 3. The highest BCUT2D eigenvalue weighted by molar-refractivity contribution is 5.58. The molecular formula is C26H30O4. The molecule has 3 aromatic carbocycles. The van der Waals surface area contributed by atoms with Crippen LogP contribution in [0.15, 0.2) is 60.7 Å².